The molecule has 0 atom stereocenters. The molecular formula is C12H8I2O4S. The van der Waals surface area contributed by atoms with Crippen molar-refractivity contribution in [2.45, 2.75) is 0 Å². The molecule has 4 nitrogen and oxygen atoms in total. The van der Waals surface area contributed by atoms with E-state index in [4.69, 9.17) is 8.37 Å². The maximum atomic E-state index is 11.7. The predicted octanol–water partition coefficient (Wildman–Crippen LogP) is 3.60. The number of hydrogen-bond acceptors (Lipinski definition) is 4. The van der Waals surface area contributed by atoms with Crippen LogP contribution in [0, 0.1) is 7.14 Å². The van der Waals surface area contributed by atoms with Gasteiger partial charge in [0.05, 0.1) is 0 Å². The van der Waals surface area contributed by atoms with E-state index in [0.29, 0.717) is 0 Å². The summed E-state index contributed by atoms with van der Waals surface area (Å²) >= 11 is 4.24. The Balaban J connectivity index is 2.10. The molecule has 0 saturated carbocycles. The van der Waals surface area contributed by atoms with Crippen LogP contribution in [0.15, 0.2) is 48.5 Å². The topological polar surface area (TPSA) is 52.6 Å². The van der Waals surface area contributed by atoms with Crippen molar-refractivity contribution in [1.29, 1.82) is 0 Å². The molecule has 0 heterocycles. The Morgan fingerprint density at radius 3 is 1.32 bits per heavy atom. The highest BCUT2D eigenvalue weighted by molar-refractivity contribution is 14.1. The number of halogens is 2. The Morgan fingerprint density at radius 1 is 0.684 bits per heavy atom. The van der Waals surface area contributed by atoms with Crippen LogP contribution in [-0.4, -0.2) is 8.42 Å². The average molecular weight is 502 g/mol. The van der Waals surface area contributed by atoms with Gasteiger partial charge in [-0.25, -0.2) is 0 Å². The van der Waals surface area contributed by atoms with Gasteiger partial charge in [-0.3, -0.25) is 0 Å². The summed E-state index contributed by atoms with van der Waals surface area (Å²) in [5.74, 6) is 0.428. The Bertz CT molecular complexity index is 598. The summed E-state index contributed by atoms with van der Waals surface area (Å²) in [5, 5.41) is 0. The van der Waals surface area contributed by atoms with Gasteiger partial charge in [-0.05, 0) is 93.7 Å². The molecule has 0 aliphatic rings. The lowest BCUT2D eigenvalue weighted by Gasteiger charge is -2.07. The van der Waals surface area contributed by atoms with Gasteiger partial charge in [0.2, 0.25) is 0 Å². The molecule has 0 unspecified atom stereocenters. The number of rotatable bonds is 4. The van der Waals surface area contributed by atoms with Crippen LogP contribution >= 0.6 is 45.2 Å². The predicted molar refractivity (Wildman–Crippen MR) is 88.5 cm³/mol. The largest absolute Gasteiger partial charge is 0.500 e. The second-order valence-electron chi connectivity index (χ2n) is 3.48. The van der Waals surface area contributed by atoms with E-state index in [1.54, 1.807) is 48.5 Å². The van der Waals surface area contributed by atoms with E-state index >= 15 is 0 Å². The van der Waals surface area contributed by atoms with Crippen LogP contribution in [0.25, 0.3) is 0 Å². The summed E-state index contributed by atoms with van der Waals surface area (Å²) in [5.41, 5.74) is 0. The molecule has 0 spiro atoms. The van der Waals surface area contributed by atoms with Crippen LogP contribution in [0.5, 0.6) is 11.5 Å². The van der Waals surface area contributed by atoms with Crippen LogP contribution in [-0.2, 0) is 10.4 Å². The first kappa shape index (κ1) is 14.9. The SMILES string of the molecule is O=S(=O)(Oc1ccc(I)cc1)Oc1ccc(I)cc1. The maximum absolute atomic E-state index is 11.7. The third-order valence-corrected chi connectivity index (χ3v) is 4.26. The zero-order valence-electron chi connectivity index (χ0n) is 9.42. The van der Waals surface area contributed by atoms with Crippen molar-refractivity contribution >= 4 is 55.6 Å². The smallest absolute Gasteiger partial charge is 0.353 e. The van der Waals surface area contributed by atoms with Gasteiger partial charge >= 0.3 is 10.4 Å². The molecule has 2 aromatic carbocycles. The van der Waals surface area contributed by atoms with Crippen molar-refractivity contribution in [3.8, 4) is 11.5 Å². The van der Waals surface area contributed by atoms with Gasteiger partial charge in [-0.15, -0.1) is 8.42 Å². The summed E-state index contributed by atoms with van der Waals surface area (Å²) in [6.45, 7) is 0. The molecule has 0 aliphatic heterocycles. The van der Waals surface area contributed by atoms with Crippen molar-refractivity contribution in [2.24, 2.45) is 0 Å². The van der Waals surface area contributed by atoms with Crippen molar-refractivity contribution in [1.82, 2.24) is 0 Å². The maximum Gasteiger partial charge on any atom is 0.500 e. The summed E-state index contributed by atoms with van der Waals surface area (Å²) in [7, 11) is -4.12. The monoisotopic (exact) mass is 502 g/mol. The van der Waals surface area contributed by atoms with Gasteiger partial charge in [0, 0.05) is 7.14 Å². The summed E-state index contributed by atoms with van der Waals surface area (Å²) in [6.07, 6.45) is 0. The van der Waals surface area contributed by atoms with Crippen molar-refractivity contribution in [3.63, 3.8) is 0 Å². The molecule has 2 aromatic rings. The first-order valence-corrected chi connectivity index (χ1v) is 8.59. The molecule has 7 heteroatoms. The van der Waals surface area contributed by atoms with Gasteiger partial charge < -0.3 is 8.37 Å². The van der Waals surface area contributed by atoms with Crippen molar-refractivity contribution < 1.29 is 16.8 Å². The van der Waals surface area contributed by atoms with Crippen LogP contribution < -0.4 is 8.37 Å². The van der Waals surface area contributed by atoms with Crippen LogP contribution in [0.2, 0.25) is 0 Å². The highest BCUT2D eigenvalue weighted by Crippen LogP contribution is 2.19. The van der Waals surface area contributed by atoms with Gasteiger partial charge in [-0.1, -0.05) is 0 Å². The zero-order valence-corrected chi connectivity index (χ0v) is 14.5. The Hall–Kier alpha value is -0.550. The van der Waals surface area contributed by atoms with Crippen molar-refractivity contribution in [2.75, 3.05) is 0 Å². The minimum absolute atomic E-state index is 0.214. The van der Waals surface area contributed by atoms with Crippen LogP contribution in [0.4, 0.5) is 0 Å². The minimum Gasteiger partial charge on any atom is -0.353 e. The molecule has 0 aliphatic carbocycles. The molecule has 2 rings (SSSR count). The van der Waals surface area contributed by atoms with Gasteiger partial charge in [-0.2, -0.15) is 0 Å². The lowest BCUT2D eigenvalue weighted by atomic mass is 10.3. The molecule has 100 valence electrons. The summed E-state index contributed by atoms with van der Waals surface area (Å²) in [4.78, 5) is 0. The quantitative estimate of drug-likeness (QED) is 0.601. The highest BCUT2D eigenvalue weighted by atomic mass is 127. The molecule has 0 amide bonds. The summed E-state index contributed by atoms with van der Waals surface area (Å²) in [6, 6.07) is 13.2. The van der Waals surface area contributed by atoms with E-state index in [9.17, 15) is 8.42 Å². The van der Waals surface area contributed by atoms with E-state index < -0.39 is 10.4 Å². The summed E-state index contributed by atoms with van der Waals surface area (Å²) < 4.78 is 35.0. The van der Waals surface area contributed by atoms with E-state index in [0.717, 1.165) is 7.14 Å². The third kappa shape index (κ3) is 4.80. The molecule has 0 saturated heterocycles. The molecule has 19 heavy (non-hydrogen) atoms. The zero-order chi connectivity index (χ0) is 13.9. The van der Waals surface area contributed by atoms with Crippen LogP contribution in [0.1, 0.15) is 0 Å². The lowest BCUT2D eigenvalue weighted by molar-refractivity contribution is 0.392. The van der Waals surface area contributed by atoms with Gasteiger partial charge in [0.1, 0.15) is 11.5 Å². The molecule has 0 aromatic heterocycles. The molecule has 0 N–H and O–H groups in total. The fourth-order valence-electron chi connectivity index (χ4n) is 1.23. The Morgan fingerprint density at radius 2 is 1.00 bits per heavy atom. The Kier molecular flexibility index (Phi) is 4.90. The first-order valence-electron chi connectivity index (χ1n) is 5.10. The minimum atomic E-state index is -4.12. The van der Waals surface area contributed by atoms with Crippen LogP contribution in [0.3, 0.4) is 0 Å². The fourth-order valence-corrected chi connectivity index (χ4v) is 2.68. The Labute approximate surface area is 138 Å². The van der Waals surface area contributed by atoms with Gasteiger partial charge in [0.15, 0.2) is 0 Å². The van der Waals surface area contributed by atoms with E-state index in [-0.39, 0.29) is 11.5 Å². The standard InChI is InChI=1S/C12H8I2O4S/c13-9-1-5-11(6-2-9)17-19(15,16)18-12-7-3-10(14)4-8-12/h1-8H. The highest BCUT2D eigenvalue weighted by Gasteiger charge is 2.15. The second kappa shape index (κ2) is 6.27. The van der Waals surface area contributed by atoms with E-state index in [1.807, 2.05) is 0 Å². The van der Waals surface area contributed by atoms with E-state index in [1.165, 1.54) is 0 Å². The molecule has 0 radical (unpaired) electrons. The normalized spacial score (nSPS) is 11.1. The lowest BCUT2D eigenvalue weighted by Crippen LogP contribution is -2.16. The fraction of sp³-hybridized carbons (Fsp3) is 0. The van der Waals surface area contributed by atoms with Gasteiger partial charge in [0.25, 0.3) is 0 Å². The van der Waals surface area contributed by atoms with E-state index in [2.05, 4.69) is 45.2 Å². The number of benzene rings is 2. The van der Waals surface area contributed by atoms with Crippen molar-refractivity contribution in [3.05, 3.63) is 55.7 Å². The molecule has 0 fully saturated rings. The average Bonchev–Trinajstić information content (AvgIpc) is 2.34. The third-order valence-electron chi connectivity index (χ3n) is 2.02. The first-order chi connectivity index (χ1) is 8.94. The molecular weight excluding hydrogens is 494 g/mol. The second-order valence-corrected chi connectivity index (χ2v) is 7.12. The molecule has 0 bridgehead atoms. The number of hydrogen-bond donors (Lipinski definition) is 0.